The highest BCUT2D eigenvalue weighted by Gasteiger charge is 2.31. The molecule has 3 rings (SSSR count). The molecule has 2 aromatic rings. The summed E-state index contributed by atoms with van der Waals surface area (Å²) in [6.07, 6.45) is 0. The monoisotopic (exact) mass is 365 g/mol. The third-order valence-electron chi connectivity index (χ3n) is 3.88. The van der Waals surface area contributed by atoms with Crippen molar-refractivity contribution in [2.45, 2.75) is 24.8 Å². The van der Waals surface area contributed by atoms with E-state index < -0.39 is 15.9 Å². The number of nitrogens with one attached hydrogen (secondary N) is 1. The molecule has 1 unspecified atom stereocenters. The molecule has 8 nitrogen and oxygen atoms in total. The molecule has 1 aliphatic rings. The molecule has 1 aromatic heterocycles. The number of hydrogen-bond acceptors (Lipinski definition) is 6. The van der Waals surface area contributed by atoms with Gasteiger partial charge in [-0.15, -0.1) is 0 Å². The van der Waals surface area contributed by atoms with Crippen LogP contribution in [0.1, 0.15) is 23.0 Å². The van der Waals surface area contributed by atoms with E-state index >= 15 is 0 Å². The second-order valence-electron chi connectivity index (χ2n) is 5.84. The van der Waals surface area contributed by atoms with Crippen LogP contribution in [-0.4, -0.2) is 49.6 Å². The maximum Gasteiger partial charge on any atom is 0.256 e. The van der Waals surface area contributed by atoms with Gasteiger partial charge in [-0.1, -0.05) is 11.2 Å². The van der Waals surface area contributed by atoms with Crippen LogP contribution in [0, 0.1) is 6.92 Å². The lowest BCUT2D eigenvalue weighted by Crippen LogP contribution is -2.46. The van der Waals surface area contributed by atoms with Gasteiger partial charge >= 0.3 is 0 Å². The largest absolute Gasteiger partial charge is 0.378 e. The van der Waals surface area contributed by atoms with Crippen molar-refractivity contribution in [3.63, 3.8) is 0 Å². The SMILES string of the molecule is Cc1cc(NC(=O)c2cccc(S(=O)(=O)N3CCOCC3C)c2)no1. The van der Waals surface area contributed by atoms with Crippen LogP contribution in [-0.2, 0) is 14.8 Å². The Kier molecular flexibility index (Phi) is 4.89. The molecule has 1 atom stereocenters. The van der Waals surface area contributed by atoms with Gasteiger partial charge in [0.05, 0.1) is 18.1 Å². The molecule has 25 heavy (non-hydrogen) atoms. The summed E-state index contributed by atoms with van der Waals surface area (Å²) in [7, 11) is -3.70. The van der Waals surface area contributed by atoms with Crippen molar-refractivity contribution in [1.82, 2.24) is 9.46 Å². The Morgan fingerprint density at radius 2 is 2.16 bits per heavy atom. The third-order valence-corrected chi connectivity index (χ3v) is 5.89. The Morgan fingerprint density at radius 1 is 1.36 bits per heavy atom. The van der Waals surface area contributed by atoms with Gasteiger partial charge < -0.3 is 14.6 Å². The minimum Gasteiger partial charge on any atom is -0.378 e. The molecule has 1 fully saturated rings. The maximum absolute atomic E-state index is 12.8. The zero-order valence-electron chi connectivity index (χ0n) is 13.9. The number of ether oxygens (including phenoxy) is 1. The minimum atomic E-state index is -3.70. The molecule has 0 aliphatic carbocycles. The molecule has 1 aliphatic heterocycles. The van der Waals surface area contributed by atoms with Gasteiger partial charge in [0.25, 0.3) is 5.91 Å². The van der Waals surface area contributed by atoms with Crippen molar-refractivity contribution in [3.05, 3.63) is 41.7 Å². The number of carbonyl (C=O) groups excluding carboxylic acids is 1. The van der Waals surface area contributed by atoms with Gasteiger partial charge in [-0.05, 0) is 32.0 Å². The van der Waals surface area contributed by atoms with E-state index in [2.05, 4.69) is 10.5 Å². The standard InChI is InChI=1S/C16H19N3O5S/c1-11-10-23-7-6-19(11)25(21,22)14-5-3-4-13(9-14)16(20)17-15-8-12(2)24-18-15/h3-5,8-9,11H,6-7,10H2,1-2H3,(H,17,18,20). The number of amides is 1. The normalized spacial score (nSPS) is 18.9. The van der Waals surface area contributed by atoms with Crippen molar-refractivity contribution in [3.8, 4) is 0 Å². The summed E-state index contributed by atoms with van der Waals surface area (Å²) in [4.78, 5) is 12.4. The third kappa shape index (κ3) is 3.73. The number of rotatable bonds is 4. The minimum absolute atomic E-state index is 0.0743. The molecule has 1 aromatic carbocycles. The number of morpholine rings is 1. The maximum atomic E-state index is 12.8. The first-order valence-electron chi connectivity index (χ1n) is 7.82. The van der Waals surface area contributed by atoms with Crippen LogP contribution in [0.15, 0.2) is 39.8 Å². The smallest absolute Gasteiger partial charge is 0.256 e. The summed E-state index contributed by atoms with van der Waals surface area (Å²) >= 11 is 0. The predicted molar refractivity (Wildman–Crippen MR) is 89.8 cm³/mol. The van der Waals surface area contributed by atoms with E-state index in [1.165, 1.54) is 16.4 Å². The first-order valence-corrected chi connectivity index (χ1v) is 9.26. The van der Waals surface area contributed by atoms with Crippen LogP contribution in [0.3, 0.4) is 0 Å². The van der Waals surface area contributed by atoms with Gasteiger partial charge in [0, 0.05) is 24.2 Å². The zero-order chi connectivity index (χ0) is 18.0. The Morgan fingerprint density at radius 3 is 2.84 bits per heavy atom. The van der Waals surface area contributed by atoms with Gasteiger partial charge in [-0.25, -0.2) is 8.42 Å². The second kappa shape index (κ2) is 6.95. The second-order valence-corrected chi connectivity index (χ2v) is 7.74. The number of anilines is 1. The van der Waals surface area contributed by atoms with Crippen LogP contribution in [0.4, 0.5) is 5.82 Å². The highest BCUT2D eigenvalue weighted by Crippen LogP contribution is 2.22. The molecule has 1 N–H and O–H groups in total. The number of aryl methyl sites for hydroxylation is 1. The average Bonchev–Trinajstić information content (AvgIpc) is 3.00. The molecular weight excluding hydrogens is 346 g/mol. The Bertz CT molecular complexity index is 877. The number of aromatic nitrogens is 1. The van der Waals surface area contributed by atoms with Gasteiger partial charge in [0.15, 0.2) is 5.82 Å². The Labute approximate surface area is 145 Å². The Balaban J connectivity index is 1.84. The van der Waals surface area contributed by atoms with Crippen LogP contribution in [0.2, 0.25) is 0 Å². The first-order chi connectivity index (χ1) is 11.9. The van der Waals surface area contributed by atoms with Gasteiger partial charge in [-0.2, -0.15) is 4.31 Å². The molecule has 0 saturated carbocycles. The average molecular weight is 365 g/mol. The van der Waals surface area contributed by atoms with Gasteiger partial charge in [0.2, 0.25) is 10.0 Å². The molecular formula is C16H19N3O5S. The van der Waals surface area contributed by atoms with E-state index in [1.807, 2.05) is 0 Å². The van der Waals surface area contributed by atoms with Crippen LogP contribution < -0.4 is 5.32 Å². The Hall–Kier alpha value is -2.23. The van der Waals surface area contributed by atoms with E-state index in [9.17, 15) is 13.2 Å². The number of nitrogens with zero attached hydrogens (tertiary/aromatic N) is 2. The number of sulfonamides is 1. The zero-order valence-corrected chi connectivity index (χ0v) is 14.7. The van der Waals surface area contributed by atoms with E-state index in [0.717, 1.165) is 0 Å². The predicted octanol–water partition coefficient (Wildman–Crippen LogP) is 1.64. The lowest BCUT2D eigenvalue weighted by atomic mass is 10.2. The van der Waals surface area contributed by atoms with Gasteiger partial charge in [-0.3, -0.25) is 4.79 Å². The molecule has 0 radical (unpaired) electrons. The number of benzene rings is 1. The molecule has 1 amide bonds. The molecule has 1 saturated heterocycles. The fourth-order valence-electron chi connectivity index (χ4n) is 2.62. The molecule has 0 spiro atoms. The molecule has 0 bridgehead atoms. The van der Waals surface area contributed by atoms with Crippen molar-refractivity contribution < 1.29 is 22.5 Å². The lowest BCUT2D eigenvalue weighted by molar-refractivity contribution is 0.0393. The van der Waals surface area contributed by atoms with Gasteiger partial charge in [0.1, 0.15) is 5.76 Å². The molecule has 134 valence electrons. The van der Waals surface area contributed by atoms with Crippen molar-refractivity contribution in [2.75, 3.05) is 25.1 Å². The fraction of sp³-hybridized carbons (Fsp3) is 0.375. The van der Waals surface area contributed by atoms with E-state index in [4.69, 9.17) is 9.26 Å². The molecule has 9 heteroatoms. The summed E-state index contributed by atoms with van der Waals surface area (Å²) in [6, 6.07) is 7.25. The van der Waals surface area contributed by atoms with E-state index in [1.54, 1.807) is 32.0 Å². The van der Waals surface area contributed by atoms with Crippen LogP contribution in [0.5, 0.6) is 0 Å². The summed E-state index contributed by atoms with van der Waals surface area (Å²) < 4.78 is 37.3. The van der Waals surface area contributed by atoms with Crippen LogP contribution >= 0.6 is 0 Å². The summed E-state index contributed by atoms with van der Waals surface area (Å²) in [6.45, 7) is 4.50. The van der Waals surface area contributed by atoms with E-state index in [-0.39, 0.29) is 28.9 Å². The summed E-state index contributed by atoms with van der Waals surface area (Å²) in [5, 5.41) is 6.26. The topological polar surface area (TPSA) is 102 Å². The number of carbonyl (C=O) groups is 1. The lowest BCUT2D eigenvalue weighted by Gasteiger charge is -2.32. The summed E-state index contributed by atoms with van der Waals surface area (Å²) in [5.41, 5.74) is 0.225. The van der Waals surface area contributed by atoms with Crippen molar-refractivity contribution in [2.24, 2.45) is 0 Å². The quantitative estimate of drug-likeness (QED) is 0.884. The van der Waals surface area contributed by atoms with E-state index in [0.29, 0.717) is 19.0 Å². The highest BCUT2D eigenvalue weighted by atomic mass is 32.2. The van der Waals surface area contributed by atoms with Crippen molar-refractivity contribution >= 4 is 21.7 Å². The molecule has 2 heterocycles. The highest BCUT2D eigenvalue weighted by molar-refractivity contribution is 7.89. The van der Waals surface area contributed by atoms with Crippen LogP contribution in [0.25, 0.3) is 0 Å². The van der Waals surface area contributed by atoms with Crippen molar-refractivity contribution in [1.29, 1.82) is 0 Å². The summed E-state index contributed by atoms with van der Waals surface area (Å²) in [5.74, 6) is 0.380. The number of hydrogen-bond donors (Lipinski definition) is 1. The fourth-order valence-corrected chi connectivity index (χ4v) is 4.26. The first kappa shape index (κ1) is 17.6.